The molecule has 0 amide bonds. The predicted octanol–water partition coefficient (Wildman–Crippen LogP) is 4.19. The summed E-state index contributed by atoms with van der Waals surface area (Å²) in [6.45, 7) is 4.08. The Bertz CT molecular complexity index is 1600. The van der Waals surface area contributed by atoms with Crippen molar-refractivity contribution in [2.24, 2.45) is 0 Å². The Labute approximate surface area is 242 Å². The van der Waals surface area contributed by atoms with Gasteiger partial charge >= 0.3 is 11.9 Å². The summed E-state index contributed by atoms with van der Waals surface area (Å²) < 4.78 is 48.8. The average molecular weight is 612 g/mol. The molecule has 3 heterocycles. The minimum Gasteiger partial charge on any atom is -0.382 e. The third kappa shape index (κ3) is 6.27. The van der Waals surface area contributed by atoms with Crippen LogP contribution in [0.1, 0.15) is 19.7 Å². The van der Waals surface area contributed by atoms with Crippen molar-refractivity contribution >= 4 is 29.2 Å². The maximum absolute atomic E-state index is 13.3. The fourth-order valence-corrected chi connectivity index (χ4v) is 4.86. The number of alkyl halides is 3. The number of anilines is 1. The van der Waals surface area contributed by atoms with E-state index in [1.165, 1.54) is 24.3 Å². The molecule has 10 nitrogen and oxygen atoms in total. The van der Waals surface area contributed by atoms with Crippen molar-refractivity contribution in [1.82, 2.24) is 29.1 Å². The van der Waals surface area contributed by atoms with Crippen LogP contribution in [0, 0.1) is 0 Å². The zero-order chi connectivity index (χ0) is 29.5. The first-order valence-corrected chi connectivity index (χ1v) is 13.4. The van der Waals surface area contributed by atoms with Crippen molar-refractivity contribution in [2.75, 3.05) is 24.6 Å². The van der Waals surface area contributed by atoms with Crippen LogP contribution >= 0.6 is 23.2 Å². The molecule has 2 aromatic heterocycles. The monoisotopic (exact) mass is 611 g/mol. The van der Waals surface area contributed by atoms with Gasteiger partial charge in [0, 0.05) is 23.7 Å². The zero-order valence-electron chi connectivity index (χ0n) is 22.0. The predicted molar refractivity (Wildman–Crippen MR) is 147 cm³/mol. The van der Waals surface area contributed by atoms with E-state index < -0.39 is 30.1 Å². The summed E-state index contributed by atoms with van der Waals surface area (Å²) in [7, 11) is 0. The number of aliphatic hydroxyl groups is 1. The molecule has 0 bridgehead atoms. The molecule has 1 atom stereocenters. The van der Waals surface area contributed by atoms with Gasteiger partial charge in [-0.25, -0.2) is 9.48 Å². The van der Waals surface area contributed by atoms with Crippen LogP contribution in [0.15, 0.2) is 53.3 Å². The first-order valence-electron chi connectivity index (χ1n) is 12.6. The molecule has 0 unspecified atom stereocenters. The highest BCUT2D eigenvalue weighted by Crippen LogP contribution is 2.28. The van der Waals surface area contributed by atoms with Crippen LogP contribution in [0.5, 0.6) is 0 Å². The number of benzene rings is 2. The summed E-state index contributed by atoms with van der Waals surface area (Å²) in [6.07, 6.45) is -7.72. The molecule has 0 spiro atoms. The molecule has 1 N–H and O–H groups in total. The van der Waals surface area contributed by atoms with Crippen molar-refractivity contribution in [3.05, 3.63) is 74.9 Å². The Morgan fingerprint density at radius 3 is 2.46 bits per heavy atom. The average Bonchev–Trinajstić information content (AvgIpc) is 3.45. The highest BCUT2D eigenvalue weighted by Gasteiger charge is 2.39. The molecule has 2 aromatic carbocycles. The first kappa shape index (κ1) is 29.1. The molecular weight excluding hydrogens is 586 g/mol. The van der Waals surface area contributed by atoms with Crippen LogP contribution in [0.3, 0.4) is 0 Å². The third-order valence-electron chi connectivity index (χ3n) is 6.47. The standard InChI is InChI=1S/C26H26Cl2F3N7O3/c1-25(2)15-35(11-12-41-25)23-32-21(33-38(23)19-6-4-3-5-18(19)28)14-37-24(40)36(13-20(39)26(29,30)31)22(34-37)16-7-9-17(27)10-8-16/h3-10,20,39H,11-15H2,1-2H3/t20-/m0/s1. The second-order valence-electron chi connectivity index (χ2n) is 10.2. The van der Waals surface area contributed by atoms with Crippen LogP contribution in [0.25, 0.3) is 17.1 Å². The maximum atomic E-state index is 13.3. The van der Waals surface area contributed by atoms with Gasteiger partial charge in [0.2, 0.25) is 5.95 Å². The van der Waals surface area contributed by atoms with Crippen molar-refractivity contribution in [3.63, 3.8) is 0 Å². The van der Waals surface area contributed by atoms with Crippen molar-refractivity contribution in [1.29, 1.82) is 0 Å². The molecule has 5 rings (SSSR count). The Morgan fingerprint density at radius 2 is 1.80 bits per heavy atom. The topological polar surface area (TPSA) is 103 Å². The minimum absolute atomic E-state index is 0.0735. The van der Waals surface area contributed by atoms with Crippen LogP contribution < -0.4 is 10.6 Å². The molecule has 41 heavy (non-hydrogen) atoms. The largest absolute Gasteiger partial charge is 0.416 e. The van der Waals surface area contributed by atoms with Crippen LogP contribution in [-0.4, -0.2) is 71.8 Å². The Balaban J connectivity index is 1.57. The molecule has 4 aromatic rings. The van der Waals surface area contributed by atoms with Gasteiger partial charge in [0.15, 0.2) is 17.8 Å². The molecule has 15 heteroatoms. The number of hydrogen-bond donors (Lipinski definition) is 1. The molecule has 0 radical (unpaired) electrons. The zero-order valence-corrected chi connectivity index (χ0v) is 23.5. The number of aromatic nitrogens is 6. The van der Waals surface area contributed by atoms with Gasteiger partial charge in [-0.1, -0.05) is 35.3 Å². The van der Waals surface area contributed by atoms with E-state index in [1.807, 2.05) is 18.7 Å². The smallest absolute Gasteiger partial charge is 0.382 e. The van der Waals surface area contributed by atoms with Crippen molar-refractivity contribution in [3.8, 4) is 17.1 Å². The fourth-order valence-electron chi connectivity index (χ4n) is 4.52. The maximum Gasteiger partial charge on any atom is 0.416 e. The number of halogens is 5. The van der Waals surface area contributed by atoms with E-state index in [0.29, 0.717) is 46.9 Å². The van der Waals surface area contributed by atoms with Crippen LogP contribution in [0.4, 0.5) is 19.1 Å². The Kier molecular flexibility index (Phi) is 7.90. The number of aliphatic hydroxyl groups excluding tert-OH is 1. The van der Waals surface area contributed by atoms with Crippen LogP contribution in [0.2, 0.25) is 10.0 Å². The normalized spacial score (nSPS) is 16.2. The van der Waals surface area contributed by atoms with E-state index in [9.17, 15) is 23.1 Å². The van der Waals surface area contributed by atoms with Gasteiger partial charge in [-0.3, -0.25) is 4.57 Å². The lowest BCUT2D eigenvalue weighted by molar-refractivity contribution is -0.207. The number of hydrogen-bond acceptors (Lipinski definition) is 7. The lowest BCUT2D eigenvalue weighted by Crippen LogP contribution is -2.49. The quantitative estimate of drug-likeness (QED) is 0.334. The molecule has 1 saturated heterocycles. The Morgan fingerprint density at radius 1 is 1.10 bits per heavy atom. The summed E-state index contributed by atoms with van der Waals surface area (Å²) in [6, 6.07) is 13.1. The SMILES string of the molecule is CC1(C)CN(c2nc(Cn3nc(-c4ccc(Cl)cc4)n(C[C@H](O)C(F)(F)F)c3=O)nn2-c2ccccc2Cl)CCO1. The second-order valence-corrected chi connectivity index (χ2v) is 11.0. The summed E-state index contributed by atoms with van der Waals surface area (Å²) in [5, 5.41) is 19.5. The Hall–Kier alpha value is -3.39. The van der Waals surface area contributed by atoms with E-state index in [0.717, 1.165) is 9.25 Å². The van der Waals surface area contributed by atoms with E-state index in [2.05, 4.69) is 15.2 Å². The van der Waals surface area contributed by atoms with E-state index in [4.69, 9.17) is 27.9 Å². The number of para-hydroxylation sites is 1. The number of morpholine rings is 1. The fraction of sp³-hybridized carbons (Fsp3) is 0.385. The van der Waals surface area contributed by atoms with Gasteiger partial charge in [-0.2, -0.15) is 22.8 Å². The lowest BCUT2D eigenvalue weighted by Gasteiger charge is -2.38. The van der Waals surface area contributed by atoms with Gasteiger partial charge in [0.25, 0.3) is 0 Å². The lowest BCUT2D eigenvalue weighted by atomic mass is 10.1. The summed E-state index contributed by atoms with van der Waals surface area (Å²) in [5.74, 6) is 0.563. The van der Waals surface area contributed by atoms with Crippen molar-refractivity contribution < 1.29 is 23.0 Å². The first-order chi connectivity index (χ1) is 19.3. The van der Waals surface area contributed by atoms with Gasteiger partial charge < -0.3 is 14.7 Å². The van der Waals surface area contributed by atoms with E-state index >= 15 is 0 Å². The van der Waals surface area contributed by atoms with Gasteiger partial charge in [-0.05, 0) is 50.2 Å². The molecule has 0 saturated carbocycles. The van der Waals surface area contributed by atoms with Crippen molar-refractivity contribution in [2.45, 2.75) is 44.8 Å². The van der Waals surface area contributed by atoms with E-state index in [1.54, 1.807) is 28.9 Å². The number of rotatable bonds is 7. The number of ether oxygens (including phenoxy) is 1. The highest BCUT2D eigenvalue weighted by atomic mass is 35.5. The summed E-state index contributed by atoms with van der Waals surface area (Å²) >= 11 is 12.4. The van der Waals surface area contributed by atoms with Gasteiger partial charge in [0.05, 0.1) is 29.5 Å². The molecule has 1 aliphatic heterocycles. The summed E-state index contributed by atoms with van der Waals surface area (Å²) in [4.78, 5) is 20.0. The second kappa shape index (κ2) is 11.1. The molecule has 1 fully saturated rings. The molecular formula is C26H26Cl2F3N7O3. The minimum atomic E-state index is -4.94. The van der Waals surface area contributed by atoms with E-state index in [-0.39, 0.29) is 18.2 Å². The molecule has 218 valence electrons. The van der Waals surface area contributed by atoms with Crippen LogP contribution in [-0.2, 0) is 17.8 Å². The van der Waals surface area contributed by atoms with Gasteiger partial charge in [0.1, 0.15) is 6.54 Å². The molecule has 0 aliphatic carbocycles. The number of nitrogens with zero attached hydrogens (tertiary/aromatic N) is 7. The highest BCUT2D eigenvalue weighted by molar-refractivity contribution is 6.32. The third-order valence-corrected chi connectivity index (χ3v) is 7.04. The summed E-state index contributed by atoms with van der Waals surface area (Å²) in [5.41, 5.74) is -0.440. The molecule has 1 aliphatic rings. The van der Waals surface area contributed by atoms with Gasteiger partial charge in [-0.15, -0.1) is 10.2 Å².